The summed E-state index contributed by atoms with van der Waals surface area (Å²) in [5.74, 6) is -0.246. The number of hydrogen-bond acceptors (Lipinski definition) is 6. The summed E-state index contributed by atoms with van der Waals surface area (Å²) in [6, 6.07) is 13.3. The maximum absolute atomic E-state index is 13.3. The topological polar surface area (TPSA) is 67.7 Å². The Balaban J connectivity index is 1.47. The monoisotopic (exact) mass is 498 g/mol. The lowest BCUT2D eigenvalue weighted by Gasteiger charge is -2.26. The fraction of sp³-hybridized carbons (Fsp3) is 0.423. The van der Waals surface area contributed by atoms with Gasteiger partial charge in [0.25, 0.3) is 5.56 Å². The molecule has 1 aliphatic rings. The molecule has 3 aromatic rings. The summed E-state index contributed by atoms with van der Waals surface area (Å²) in [5.41, 5.74) is 1.40. The molecule has 4 rings (SSSR count). The minimum absolute atomic E-state index is 0.0828. The highest BCUT2D eigenvalue weighted by Crippen LogP contribution is 2.23. The molecule has 1 unspecified atom stereocenters. The molecule has 1 atom stereocenters. The van der Waals surface area contributed by atoms with Crippen molar-refractivity contribution >= 4 is 28.6 Å². The van der Waals surface area contributed by atoms with Crippen molar-refractivity contribution in [2.75, 3.05) is 45.6 Å². The Morgan fingerprint density at radius 2 is 1.86 bits per heavy atom. The zero-order valence-corrected chi connectivity index (χ0v) is 21.0. The van der Waals surface area contributed by atoms with Crippen LogP contribution in [0.4, 0.5) is 4.39 Å². The zero-order valence-electron chi connectivity index (χ0n) is 20.2. The van der Waals surface area contributed by atoms with Gasteiger partial charge in [0.05, 0.1) is 35.9 Å². The molecule has 0 spiro atoms. The van der Waals surface area contributed by atoms with Crippen LogP contribution in [-0.4, -0.2) is 70.9 Å². The Morgan fingerprint density at radius 1 is 1.14 bits per heavy atom. The molecule has 35 heavy (non-hydrogen) atoms. The van der Waals surface area contributed by atoms with E-state index in [1.807, 2.05) is 25.1 Å². The number of thioether (sulfide) groups is 1. The van der Waals surface area contributed by atoms with Gasteiger partial charge in [-0.1, -0.05) is 36.0 Å². The highest BCUT2D eigenvalue weighted by atomic mass is 32.2. The summed E-state index contributed by atoms with van der Waals surface area (Å²) >= 11 is 1.28. The van der Waals surface area contributed by atoms with Crippen LogP contribution in [0.25, 0.3) is 10.9 Å². The molecule has 1 amide bonds. The van der Waals surface area contributed by atoms with Crippen LogP contribution < -0.4 is 5.56 Å². The standard InChI is InChI=1S/C26H31FN4O3S/c1-19(20-8-10-21(27)11-9-20)29(2)24(32)18-35-26-28-23-7-4-3-6-22(23)25(33)31(26)13-5-12-30-14-16-34-17-15-30/h3-4,6-11,19H,5,12-18H2,1-2H3. The number of aromatic nitrogens is 2. The normalized spacial score (nSPS) is 15.3. The number of amides is 1. The molecular formula is C26H31FN4O3S. The van der Waals surface area contributed by atoms with Crippen LogP contribution in [0.15, 0.2) is 58.5 Å². The Labute approximate surface area is 208 Å². The molecule has 9 heteroatoms. The fourth-order valence-corrected chi connectivity index (χ4v) is 5.09. The number of nitrogens with zero attached hydrogens (tertiary/aromatic N) is 4. The second-order valence-corrected chi connectivity index (χ2v) is 9.64. The van der Waals surface area contributed by atoms with Crippen LogP contribution in [0.1, 0.15) is 24.9 Å². The van der Waals surface area contributed by atoms with Gasteiger partial charge in [-0.25, -0.2) is 9.37 Å². The highest BCUT2D eigenvalue weighted by molar-refractivity contribution is 7.99. The van der Waals surface area contributed by atoms with Crippen molar-refractivity contribution in [3.8, 4) is 0 Å². The minimum Gasteiger partial charge on any atom is -0.379 e. The van der Waals surface area contributed by atoms with E-state index in [-0.39, 0.29) is 29.1 Å². The number of benzene rings is 2. The number of carbonyl (C=O) groups excluding carboxylic acids is 1. The summed E-state index contributed by atoms with van der Waals surface area (Å²) < 4.78 is 20.4. The molecule has 0 bridgehead atoms. The van der Waals surface area contributed by atoms with Gasteiger partial charge in [-0.15, -0.1) is 0 Å². The second-order valence-electron chi connectivity index (χ2n) is 8.70. The first-order chi connectivity index (χ1) is 16.9. The lowest BCUT2D eigenvalue weighted by atomic mass is 10.1. The number of morpholine rings is 1. The van der Waals surface area contributed by atoms with E-state index in [9.17, 15) is 14.0 Å². The van der Waals surface area contributed by atoms with Gasteiger partial charge in [-0.2, -0.15) is 0 Å². The maximum atomic E-state index is 13.3. The van der Waals surface area contributed by atoms with Gasteiger partial charge < -0.3 is 9.64 Å². The molecule has 186 valence electrons. The van der Waals surface area contributed by atoms with Crippen LogP contribution in [-0.2, 0) is 16.1 Å². The van der Waals surface area contributed by atoms with Gasteiger partial charge in [-0.05, 0) is 43.2 Å². The van der Waals surface area contributed by atoms with E-state index in [0.717, 1.165) is 44.8 Å². The van der Waals surface area contributed by atoms with Gasteiger partial charge in [0.15, 0.2) is 5.16 Å². The molecule has 2 heterocycles. The van der Waals surface area contributed by atoms with E-state index in [0.29, 0.717) is 22.6 Å². The third-order valence-corrected chi connectivity index (χ3v) is 7.40. The number of para-hydroxylation sites is 1. The average molecular weight is 499 g/mol. The molecule has 0 N–H and O–H groups in total. The van der Waals surface area contributed by atoms with Crippen LogP contribution in [0.2, 0.25) is 0 Å². The van der Waals surface area contributed by atoms with Crippen LogP contribution in [0.3, 0.4) is 0 Å². The second kappa shape index (κ2) is 11.8. The molecule has 1 aromatic heterocycles. The van der Waals surface area contributed by atoms with Crippen LogP contribution >= 0.6 is 11.8 Å². The first kappa shape index (κ1) is 25.3. The largest absolute Gasteiger partial charge is 0.379 e. The Bertz CT molecular complexity index is 1210. The molecule has 2 aromatic carbocycles. The van der Waals surface area contributed by atoms with Gasteiger partial charge in [0, 0.05) is 33.2 Å². The quantitative estimate of drug-likeness (QED) is 0.332. The highest BCUT2D eigenvalue weighted by Gasteiger charge is 2.20. The zero-order chi connectivity index (χ0) is 24.8. The predicted octanol–water partition coefficient (Wildman–Crippen LogP) is 3.57. The molecule has 0 aliphatic carbocycles. The number of hydrogen-bond donors (Lipinski definition) is 0. The summed E-state index contributed by atoms with van der Waals surface area (Å²) in [7, 11) is 1.74. The van der Waals surface area contributed by atoms with E-state index in [1.165, 1.54) is 23.9 Å². The molecular weight excluding hydrogens is 467 g/mol. The molecule has 0 saturated carbocycles. The SMILES string of the molecule is CC(c1ccc(F)cc1)N(C)C(=O)CSc1nc2ccccc2c(=O)n1CCCN1CCOCC1. The van der Waals surface area contributed by atoms with E-state index in [4.69, 9.17) is 9.72 Å². The summed E-state index contributed by atoms with van der Waals surface area (Å²) in [6.45, 7) is 6.61. The van der Waals surface area contributed by atoms with E-state index in [2.05, 4.69) is 4.90 Å². The van der Waals surface area contributed by atoms with Crippen molar-refractivity contribution in [1.82, 2.24) is 19.4 Å². The smallest absolute Gasteiger partial charge is 0.262 e. The number of ether oxygens (including phenoxy) is 1. The van der Waals surface area contributed by atoms with E-state index in [1.54, 1.807) is 34.7 Å². The molecule has 1 saturated heterocycles. The van der Waals surface area contributed by atoms with Crippen molar-refractivity contribution in [1.29, 1.82) is 0 Å². The van der Waals surface area contributed by atoms with E-state index < -0.39 is 0 Å². The third-order valence-electron chi connectivity index (χ3n) is 6.44. The molecule has 1 fully saturated rings. The Kier molecular flexibility index (Phi) is 8.54. The predicted molar refractivity (Wildman–Crippen MR) is 136 cm³/mol. The lowest BCUT2D eigenvalue weighted by Crippen LogP contribution is -2.37. The third kappa shape index (κ3) is 6.28. The average Bonchev–Trinajstić information content (AvgIpc) is 2.89. The molecule has 0 radical (unpaired) electrons. The first-order valence-electron chi connectivity index (χ1n) is 11.9. The number of carbonyl (C=O) groups is 1. The van der Waals surface area contributed by atoms with Crippen LogP contribution in [0.5, 0.6) is 0 Å². The van der Waals surface area contributed by atoms with Crippen molar-refractivity contribution in [2.45, 2.75) is 31.1 Å². The lowest BCUT2D eigenvalue weighted by molar-refractivity contribution is -0.128. The maximum Gasteiger partial charge on any atom is 0.262 e. The number of rotatable bonds is 9. The van der Waals surface area contributed by atoms with Crippen molar-refractivity contribution in [2.24, 2.45) is 0 Å². The Hall–Kier alpha value is -2.75. The van der Waals surface area contributed by atoms with Crippen molar-refractivity contribution in [3.05, 3.63) is 70.3 Å². The van der Waals surface area contributed by atoms with Gasteiger partial charge in [0.1, 0.15) is 5.82 Å². The van der Waals surface area contributed by atoms with Gasteiger partial charge in [0.2, 0.25) is 5.91 Å². The Morgan fingerprint density at radius 3 is 2.60 bits per heavy atom. The van der Waals surface area contributed by atoms with Crippen LogP contribution in [0, 0.1) is 5.82 Å². The molecule has 7 nitrogen and oxygen atoms in total. The summed E-state index contributed by atoms with van der Waals surface area (Å²) in [6.07, 6.45) is 0.808. The number of halogens is 1. The van der Waals surface area contributed by atoms with E-state index >= 15 is 0 Å². The minimum atomic E-state index is -0.306. The first-order valence-corrected chi connectivity index (χ1v) is 12.9. The molecule has 1 aliphatic heterocycles. The van der Waals surface area contributed by atoms with Gasteiger partial charge >= 0.3 is 0 Å². The van der Waals surface area contributed by atoms with Crippen molar-refractivity contribution in [3.63, 3.8) is 0 Å². The van der Waals surface area contributed by atoms with Crippen molar-refractivity contribution < 1.29 is 13.9 Å². The number of fused-ring (bicyclic) bond motifs is 1. The van der Waals surface area contributed by atoms with Gasteiger partial charge in [-0.3, -0.25) is 19.1 Å². The summed E-state index contributed by atoms with van der Waals surface area (Å²) in [5, 5.41) is 1.13. The fourth-order valence-electron chi connectivity index (χ4n) is 4.14. The summed E-state index contributed by atoms with van der Waals surface area (Å²) in [4.78, 5) is 35.0.